The highest BCUT2D eigenvalue weighted by Gasteiger charge is 2.37. The Morgan fingerprint density at radius 3 is 2.45 bits per heavy atom. The second-order valence-corrected chi connectivity index (χ2v) is 10.8. The minimum Gasteiger partial charge on any atom is -0.497 e. The number of amides is 1. The van der Waals surface area contributed by atoms with Gasteiger partial charge in [0.05, 0.1) is 7.11 Å². The number of methoxy groups -OCH3 is 1. The molecular formula is C27H29F2N3O5S. The molecule has 2 heterocycles. The van der Waals surface area contributed by atoms with Crippen molar-refractivity contribution in [2.75, 3.05) is 31.6 Å². The third kappa shape index (κ3) is 5.63. The number of anilines is 1. The zero-order chi connectivity index (χ0) is 27.4. The van der Waals surface area contributed by atoms with Crippen LogP contribution in [-0.2, 0) is 14.8 Å². The summed E-state index contributed by atoms with van der Waals surface area (Å²) in [5, 5.41) is 3.79. The van der Waals surface area contributed by atoms with Gasteiger partial charge in [-0.3, -0.25) is 4.79 Å². The van der Waals surface area contributed by atoms with E-state index in [4.69, 9.17) is 9.26 Å². The second-order valence-electron chi connectivity index (χ2n) is 8.92. The van der Waals surface area contributed by atoms with Gasteiger partial charge in [-0.1, -0.05) is 5.16 Å². The fraction of sp³-hybridized carbons (Fsp3) is 0.333. The molecule has 0 saturated carbocycles. The van der Waals surface area contributed by atoms with Gasteiger partial charge in [0.15, 0.2) is 10.7 Å². The van der Waals surface area contributed by atoms with Crippen molar-refractivity contribution in [1.82, 2.24) is 9.46 Å². The standard InChI is InChI=1S/C27H29F2N3O5S/c1-4-32(22-8-10-23(36-3)11-9-22)27(33)20-13-15-31(16-14-20)38(34,35)26-18(2)30-37-25(26)12-6-19-5-7-21(28)17-24(19)29/h5-12,17,20H,4,13-16H2,1-3H3. The summed E-state index contributed by atoms with van der Waals surface area (Å²) in [6.45, 7) is 4.19. The molecule has 0 atom stereocenters. The first-order chi connectivity index (χ1) is 18.1. The fourth-order valence-corrected chi connectivity index (χ4v) is 6.24. The van der Waals surface area contributed by atoms with Crippen molar-refractivity contribution in [2.45, 2.75) is 31.6 Å². The molecule has 0 N–H and O–H groups in total. The van der Waals surface area contributed by atoms with Gasteiger partial charge in [0, 0.05) is 42.9 Å². The van der Waals surface area contributed by atoms with Crippen LogP contribution in [0.3, 0.4) is 0 Å². The lowest BCUT2D eigenvalue weighted by molar-refractivity contribution is -0.123. The van der Waals surface area contributed by atoms with Crippen molar-refractivity contribution in [3.05, 3.63) is 71.1 Å². The third-order valence-electron chi connectivity index (χ3n) is 6.58. The molecule has 1 saturated heterocycles. The predicted octanol–water partition coefficient (Wildman–Crippen LogP) is 4.89. The Hall–Kier alpha value is -3.57. The van der Waals surface area contributed by atoms with Crippen LogP contribution in [0.25, 0.3) is 12.2 Å². The number of aryl methyl sites for hydroxylation is 1. The first-order valence-electron chi connectivity index (χ1n) is 12.2. The lowest BCUT2D eigenvalue weighted by Gasteiger charge is -2.33. The molecule has 4 rings (SSSR count). The van der Waals surface area contributed by atoms with Crippen molar-refractivity contribution in [1.29, 1.82) is 0 Å². The van der Waals surface area contributed by atoms with Gasteiger partial charge in [-0.15, -0.1) is 0 Å². The zero-order valence-electron chi connectivity index (χ0n) is 21.4. The number of nitrogens with zero attached hydrogens (tertiary/aromatic N) is 3. The van der Waals surface area contributed by atoms with E-state index < -0.39 is 21.7 Å². The van der Waals surface area contributed by atoms with Gasteiger partial charge in [-0.2, -0.15) is 4.31 Å². The summed E-state index contributed by atoms with van der Waals surface area (Å²) in [5.74, 6) is -1.25. The van der Waals surface area contributed by atoms with Crippen LogP contribution in [0.15, 0.2) is 51.9 Å². The average molecular weight is 546 g/mol. The summed E-state index contributed by atoms with van der Waals surface area (Å²) < 4.78 is 66.0. The number of sulfonamides is 1. The molecule has 11 heteroatoms. The Morgan fingerprint density at radius 1 is 1.16 bits per heavy atom. The lowest BCUT2D eigenvalue weighted by atomic mass is 9.96. The molecule has 8 nitrogen and oxygen atoms in total. The molecule has 0 unspecified atom stereocenters. The number of carbonyl (C=O) groups excluding carboxylic acids is 1. The second kappa shape index (κ2) is 11.4. The number of carbonyl (C=O) groups is 1. The van der Waals surface area contributed by atoms with Crippen LogP contribution in [0.4, 0.5) is 14.5 Å². The van der Waals surface area contributed by atoms with Crippen LogP contribution < -0.4 is 9.64 Å². The highest BCUT2D eigenvalue weighted by atomic mass is 32.2. The Bertz CT molecular complexity index is 1430. The number of aromatic nitrogens is 1. The van der Waals surface area contributed by atoms with E-state index in [1.54, 1.807) is 24.1 Å². The van der Waals surface area contributed by atoms with Gasteiger partial charge in [-0.05, 0) is 75.2 Å². The molecule has 1 amide bonds. The SMILES string of the molecule is CCN(C(=O)C1CCN(S(=O)(=O)c2c(C)noc2C=Cc2ccc(F)cc2F)CC1)c1ccc(OC)cc1. The highest BCUT2D eigenvalue weighted by molar-refractivity contribution is 7.89. The highest BCUT2D eigenvalue weighted by Crippen LogP contribution is 2.31. The summed E-state index contributed by atoms with van der Waals surface area (Å²) in [6.07, 6.45) is 3.33. The molecule has 38 heavy (non-hydrogen) atoms. The van der Waals surface area contributed by atoms with Gasteiger partial charge >= 0.3 is 0 Å². The van der Waals surface area contributed by atoms with Crippen LogP contribution >= 0.6 is 0 Å². The number of halogens is 2. The van der Waals surface area contributed by atoms with Gasteiger partial charge in [0.2, 0.25) is 15.9 Å². The van der Waals surface area contributed by atoms with E-state index in [1.807, 2.05) is 19.1 Å². The third-order valence-corrected chi connectivity index (χ3v) is 8.63. The molecule has 1 aromatic heterocycles. The van der Waals surface area contributed by atoms with Crippen molar-refractivity contribution >= 4 is 33.8 Å². The summed E-state index contributed by atoms with van der Waals surface area (Å²) >= 11 is 0. The lowest BCUT2D eigenvalue weighted by Crippen LogP contribution is -2.44. The Balaban J connectivity index is 1.48. The van der Waals surface area contributed by atoms with Crippen molar-refractivity contribution in [2.24, 2.45) is 5.92 Å². The van der Waals surface area contributed by atoms with Gasteiger partial charge in [0.25, 0.3) is 0 Å². The van der Waals surface area contributed by atoms with Crippen molar-refractivity contribution in [3.8, 4) is 5.75 Å². The summed E-state index contributed by atoms with van der Waals surface area (Å²) in [6, 6.07) is 10.3. The Kier molecular flexibility index (Phi) is 8.27. The molecule has 0 bridgehead atoms. The summed E-state index contributed by atoms with van der Waals surface area (Å²) in [7, 11) is -2.43. The van der Waals surface area contributed by atoms with Crippen LogP contribution in [0.5, 0.6) is 5.75 Å². The minimum absolute atomic E-state index is 0.0545. The molecule has 3 aromatic rings. The Labute approximate surface area is 220 Å². The fourth-order valence-electron chi connectivity index (χ4n) is 4.52. The zero-order valence-corrected chi connectivity index (χ0v) is 22.2. The summed E-state index contributed by atoms with van der Waals surface area (Å²) in [5.41, 5.74) is 0.988. The topological polar surface area (TPSA) is 93.0 Å². The van der Waals surface area contributed by atoms with Crippen molar-refractivity contribution in [3.63, 3.8) is 0 Å². The van der Waals surface area contributed by atoms with Gasteiger partial charge < -0.3 is 14.2 Å². The maximum absolute atomic E-state index is 14.0. The average Bonchev–Trinajstić information content (AvgIpc) is 3.30. The molecule has 0 aliphatic carbocycles. The van der Waals surface area contributed by atoms with Gasteiger partial charge in [-0.25, -0.2) is 17.2 Å². The number of hydrogen-bond acceptors (Lipinski definition) is 6. The quantitative estimate of drug-likeness (QED) is 0.400. The molecule has 0 spiro atoms. The number of piperidine rings is 1. The molecule has 0 radical (unpaired) electrons. The molecule has 1 aliphatic heterocycles. The first kappa shape index (κ1) is 27.5. The van der Waals surface area contributed by atoms with E-state index in [0.717, 1.165) is 17.8 Å². The molecular weight excluding hydrogens is 516 g/mol. The largest absolute Gasteiger partial charge is 0.497 e. The number of benzene rings is 2. The van der Waals surface area contributed by atoms with E-state index in [9.17, 15) is 22.0 Å². The number of ether oxygens (including phenoxy) is 1. The van der Waals surface area contributed by atoms with E-state index in [-0.39, 0.29) is 46.8 Å². The number of hydrogen-bond donors (Lipinski definition) is 0. The van der Waals surface area contributed by atoms with Crippen LogP contribution in [0.1, 0.15) is 36.8 Å². The van der Waals surface area contributed by atoms with E-state index in [0.29, 0.717) is 25.1 Å². The van der Waals surface area contributed by atoms with Crippen molar-refractivity contribution < 1.29 is 31.3 Å². The molecule has 202 valence electrons. The normalized spacial score (nSPS) is 15.2. The maximum Gasteiger partial charge on any atom is 0.248 e. The minimum atomic E-state index is -4.00. The number of rotatable bonds is 8. The van der Waals surface area contributed by atoms with E-state index in [2.05, 4.69) is 5.16 Å². The molecule has 2 aromatic carbocycles. The predicted molar refractivity (Wildman–Crippen MR) is 139 cm³/mol. The van der Waals surface area contributed by atoms with Crippen LogP contribution in [-0.4, -0.2) is 50.5 Å². The monoisotopic (exact) mass is 545 g/mol. The van der Waals surface area contributed by atoms with Crippen LogP contribution in [0, 0.1) is 24.5 Å². The molecule has 1 aliphatic rings. The molecule has 1 fully saturated rings. The maximum atomic E-state index is 14.0. The van der Waals surface area contributed by atoms with Gasteiger partial charge in [0.1, 0.15) is 23.1 Å². The smallest absolute Gasteiger partial charge is 0.248 e. The Morgan fingerprint density at radius 2 is 1.84 bits per heavy atom. The van der Waals surface area contributed by atoms with E-state index in [1.165, 1.54) is 29.4 Å². The van der Waals surface area contributed by atoms with Crippen LogP contribution in [0.2, 0.25) is 0 Å². The first-order valence-corrected chi connectivity index (χ1v) is 13.6. The van der Waals surface area contributed by atoms with E-state index >= 15 is 0 Å². The summed E-state index contributed by atoms with van der Waals surface area (Å²) in [4.78, 5) is 14.9.